The molecular weight excluding hydrogens is 227 g/mol. The number of nitrogens with one attached hydrogen (secondary N) is 1. The summed E-state index contributed by atoms with van der Waals surface area (Å²) < 4.78 is 13.8. The van der Waals surface area contributed by atoms with E-state index in [1.165, 1.54) is 31.2 Å². The van der Waals surface area contributed by atoms with Crippen LogP contribution in [0.2, 0.25) is 0 Å². The maximum absolute atomic E-state index is 13.8. The van der Waals surface area contributed by atoms with Gasteiger partial charge in [-0.1, -0.05) is 12.1 Å². The zero-order valence-electron chi connectivity index (χ0n) is 10.8. The van der Waals surface area contributed by atoms with Crippen LogP contribution in [0.5, 0.6) is 0 Å². The third kappa shape index (κ3) is 3.09. The van der Waals surface area contributed by atoms with Crippen LogP contribution in [0.25, 0.3) is 0 Å². The fraction of sp³-hybridized carbons (Fsp3) is 0.600. The minimum atomic E-state index is -0.0583. The molecule has 0 radical (unpaired) electrons. The Hall–Kier alpha value is -0.930. The molecular formula is C15H21FN2. The van der Waals surface area contributed by atoms with Gasteiger partial charge in [0, 0.05) is 24.7 Å². The average Bonchev–Trinajstić information content (AvgIpc) is 3.07. The maximum Gasteiger partial charge on any atom is 0.127 e. The van der Waals surface area contributed by atoms with Gasteiger partial charge < -0.3 is 5.32 Å². The second-order valence-electron chi connectivity index (χ2n) is 5.56. The highest BCUT2D eigenvalue weighted by Gasteiger charge is 2.20. The summed E-state index contributed by atoms with van der Waals surface area (Å²) in [6, 6.07) is 6.26. The number of rotatable bonds is 5. The Kier molecular flexibility index (Phi) is 3.62. The zero-order valence-corrected chi connectivity index (χ0v) is 10.8. The molecule has 3 heteroatoms. The molecule has 1 aromatic rings. The van der Waals surface area contributed by atoms with Crippen LogP contribution in [-0.2, 0) is 13.1 Å². The van der Waals surface area contributed by atoms with Gasteiger partial charge in [0.15, 0.2) is 0 Å². The van der Waals surface area contributed by atoms with Crippen molar-refractivity contribution >= 4 is 0 Å². The lowest BCUT2D eigenvalue weighted by molar-refractivity contribution is 0.325. The summed E-state index contributed by atoms with van der Waals surface area (Å²) in [5.74, 6) is -0.0583. The van der Waals surface area contributed by atoms with E-state index in [4.69, 9.17) is 0 Å². The first-order valence-corrected chi connectivity index (χ1v) is 7.04. The zero-order chi connectivity index (χ0) is 12.4. The van der Waals surface area contributed by atoms with Gasteiger partial charge in [-0.05, 0) is 50.4 Å². The summed E-state index contributed by atoms with van der Waals surface area (Å²) in [5, 5.41) is 3.48. The standard InChI is InChI=1S/C15H21FN2/c16-15-6-3-12(10-17-14-4-5-14)9-13(15)11-18-7-1-2-8-18/h3,6,9,14,17H,1-2,4-5,7-8,10-11H2. The normalized spacial score (nSPS) is 20.5. The Morgan fingerprint density at radius 3 is 2.72 bits per heavy atom. The van der Waals surface area contributed by atoms with Crippen molar-refractivity contribution in [3.8, 4) is 0 Å². The number of likely N-dealkylation sites (tertiary alicyclic amines) is 1. The second-order valence-corrected chi connectivity index (χ2v) is 5.56. The van der Waals surface area contributed by atoms with Crippen molar-refractivity contribution in [2.75, 3.05) is 13.1 Å². The first-order valence-electron chi connectivity index (χ1n) is 7.04. The number of hydrogen-bond donors (Lipinski definition) is 1. The third-order valence-electron chi connectivity index (χ3n) is 3.87. The molecule has 2 aliphatic rings. The van der Waals surface area contributed by atoms with E-state index in [9.17, 15) is 4.39 Å². The van der Waals surface area contributed by atoms with Crippen LogP contribution in [0.15, 0.2) is 18.2 Å². The third-order valence-corrected chi connectivity index (χ3v) is 3.87. The van der Waals surface area contributed by atoms with Gasteiger partial charge in [-0.2, -0.15) is 0 Å². The van der Waals surface area contributed by atoms with Crippen LogP contribution in [-0.4, -0.2) is 24.0 Å². The molecule has 0 atom stereocenters. The number of benzene rings is 1. The van der Waals surface area contributed by atoms with Crippen molar-refractivity contribution in [1.82, 2.24) is 10.2 Å². The molecule has 0 unspecified atom stereocenters. The topological polar surface area (TPSA) is 15.3 Å². The van der Waals surface area contributed by atoms with Gasteiger partial charge in [-0.3, -0.25) is 4.90 Å². The minimum absolute atomic E-state index is 0.0583. The Balaban J connectivity index is 1.64. The lowest BCUT2D eigenvalue weighted by Crippen LogP contribution is -2.20. The van der Waals surface area contributed by atoms with E-state index in [0.717, 1.165) is 31.7 Å². The molecule has 1 saturated heterocycles. The SMILES string of the molecule is Fc1ccc(CNC2CC2)cc1CN1CCCC1. The highest BCUT2D eigenvalue weighted by atomic mass is 19.1. The number of halogens is 1. The first-order chi connectivity index (χ1) is 8.81. The number of hydrogen-bond acceptors (Lipinski definition) is 2. The highest BCUT2D eigenvalue weighted by molar-refractivity contribution is 5.25. The molecule has 18 heavy (non-hydrogen) atoms. The second kappa shape index (κ2) is 5.37. The van der Waals surface area contributed by atoms with E-state index >= 15 is 0 Å². The predicted octanol–water partition coefficient (Wildman–Crippen LogP) is 2.67. The molecule has 2 fully saturated rings. The van der Waals surface area contributed by atoms with Gasteiger partial charge in [0.05, 0.1) is 0 Å². The summed E-state index contributed by atoms with van der Waals surface area (Å²) in [4.78, 5) is 2.34. The highest BCUT2D eigenvalue weighted by Crippen LogP contribution is 2.20. The summed E-state index contributed by atoms with van der Waals surface area (Å²) in [5.41, 5.74) is 2.06. The van der Waals surface area contributed by atoms with Gasteiger partial charge in [0.25, 0.3) is 0 Å². The quantitative estimate of drug-likeness (QED) is 0.862. The molecule has 2 nitrogen and oxygen atoms in total. The van der Waals surface area contributed by atoms with E-state index in [1.54, 1.807) is 6.07 Å². The Morgan fingerprint density at radius 1 is 1.22 bits per heavy atom. The predicted molar refractivity (Wildman–Crippen MR) is 70.8 cm³/mol. The van der Waals surface area contributed by atoms with Crippen LogP contribution in [0.3, 0.4) is 0 Å². The smallest absolute Gasteiger partial charge is 0.127 e. The lowest BCUT2D eigenvalue weighted by atomic mass is 10.1. The fourth-order valence-electron chi connectivity index (χ4n) is 2.59. The molecule has 1 heterocycles. The van der Waals surface area contributed by atoms with Crippen molar-refractivity contribution in [2.45, 2.75) is 44.8 Å². The monoisotopic (exact) mass is 248 g/mol. The summed E-state index contributed by atoms with van der Waals surface area (Å²) >= 11 is 0. The van der Waals surface area contributed by atoms with Crippen LogP contribution < -0.4 is 5.32 Å². The van der Waals surface area contributed by atoms with E-state index in [0.29, 0.717) is 6.04 Å². The summed E-state index contributed by atoms with van der Waals surface area (Å²) in [6.45, 7) is 3.87. The van der Waals surface area contributed by atoms with Crippen molar-refractivity contribution in [3.05, 3.63) is 35.1 Å². The van der Waals surface area contributed by atoms with Crippen molar-refractivity contribution in [2.24, 2.45) is 0 Å². The van der Waals surface area contributed by atoms with Crippen molar-refractivity contribution < 1.29 is 4.39 Å². The Labute approximate surface area is 108 Å². The van der Waals surface area contributed by atoms with Gasteiger partial charge in [-0.15, -0.1) is 0 Å². The van der Waals surface area contributed by atoms with Gasteiger partial charge in [0.2, 0.25) is 0 Å². The Morgan fingerprint density at radius 2 is 2.00 bits per heavy atom. The molecule has 1 aliphatic heterocycles. The Bertz CT molecular complexity index is 409. The van der Waals surface area contributed by atoms with E-state index in [-0.39, 0.29) is 5.82 Å². The van der Waals surface area contributed by atoms with Gasteiger partial charge in [-0.25, -0.2) is 4.39 Å². The summed E-state index contributed by atoms with van der Waals surface area (Å²) in [6.07, 6.45) is 5.10. The van der Waals surface area contributed by atoms with E-state index < -0.39 is 0 Å². The average molecular weight is 248 g/mol. The van der Waals surface area contributed by atoms with Crippen LogP contribution in [0.1, 0.15) is 36.8 Å². The maximum atomic E-state index is 13.8. The molecule has 1 N–H and O–H groups in total. The van der Waals surface area contributed by atoms with E-state index in [2.05, 4.69) is 10.2 Å². The molecule has 0 amide bonds. The largest absolute Gasteiger partial charge is 0.310 e. The molecule has 0 aromatic heterocycles. The minimum Gasteiger partial charge on any atom is -0.310 e. The van der Waals surface area contributed by atoms with Gasteiger partial charge in [0.1, 0.15) is 5.82 Å². The number of nitrogens with zero attached hydrogens (tertiary/aromatic N) is 1. The van der Waals surface area contributed by atoms with Crippen molar-refractivity contribution in [3.63, 3.8) is 0 Å². The molecule has 1 aliphatic carbocycles. The summed E-state index contributed by atoms with van der Waals surface area (Å²) in [7, 11) is 0. The fourth-order valence-corrected chi connectivity index (χ4v) is 2.59. The van der Waals surface area contributed by atoms with E-state index in [1.807, 2.05) is 12.1 Å². The molecule has 3 rings (SSSR count). The first kappa shape index (κ1) is 12.1. The van der Waals surface area contributed by atoms with Crippen LogP contribution in [0.4, 0.5) is 4.39 Å². The molecule has 1 aromatic carbocycles. The van der Waals surface area contributed by atoms with Gasteiger partial charge >= 0.3 is 0 Å². The molecule has 98 valence electrons. The molecule has 0 spiro atoms. The van der Waals surface area contributed by atoms with Crippen molar-refractivity contribution in [1.29, 1.82) is 0 Å². The lowest BCUT2D eigenvalue weighted by Gasteiger charge is -2.16. The molecule has 1 saturated carbocycles. The molecule has 0 bridgehead atoms. The van der Waals surface area contributed by atoms with Crippen LogP contribution in [0, 0.1) is 5.82 Å². The van der Waals surface area contributed by atoms with Crippen LogP contribution >= 0.6 is 0 Å².